The zero-order valence-corrected chi connectivity index (χ0v) is 22.3. The highest BCUT2D eigenvalue weighted by molar-refractivity contribution is 6.91. The lowest BCUT2D eigenvalue weighted by Gasteiger charge is -2.47. The zero-order valence-electron chi connectivity index (χ0n) is 20.5. The predicted molar refractivity (Wildman–Crippen MR) is 136 cm³/mol. The van der Waals surface area contributed by atoms with Gasteiger partial charge in [-0.3, -0.25) is 9.69 Å². The first-order chi connectivity index (χ1) is 15.1. The second-order valence-corrected chi connectivity index (χ2v) is 15.8. The molecule has 0 N–H and O–H groups in total. The average molecular weight is 476 g/mol. The highest BCUT2D eigenvalue weighted by Gasteiger charge is 2.50. The number of para-hydroxylation sites is 1. The molecule has 2 rings (SSSR count). The molecule has 1 amide bonds. The van der Waals surface area contributed by atoms with E-state index in [0.717, 1.165) is 24.3 Å². The van der Waals surface area contributed by atoms with Gasteiger partial charge >= 0.3 is 6.09 Å². The quantitative estimate of drug-likeness (QED) is 0.269. The number of carbonyl (C=O) groups is 2. The lowest BCUT2D eigenvalue weighted by molar-refractivity contribution is -0.105. The normalized spacial score (nSPS) is 17.3. The zero-order chi connectivity index (χ0) is 24.1. The van der Waals surface area contributed by atoms with Crippen molar-refractivity contribution in [1.82, 2.24) is 4.90 Å². The number of hydrogen-bond donors (Lipinski definition) is 0. The fourth-order valence-corrected chi connectivity index (χ4v) is 13.1. The lowest BCUT2D eigenvalue weighted by Crippen LogP contribution is -2.51. The van der Waals surface area contributed by atoms with Crippen LogP contribution in [-0.2, 0) is 4.79 Å². The Bertz CT molecular complexity index is 839. The Morgan fingerprint density at radius 3 is 2.12 bits per heavy atom. The number of ether oxygens (including phenoxy) is 1. The van der Waals surface area contributed by atoms with Crippen LogP contribution in [0.1, 0.15) is 67.7 Å². The van der Waals surface area contributed by atoms with Crippen LogP contribution in [0.5, 0.6) is 5.75 Å². The Labute approximate surface area is 199 Å². The number of amides is 1. The second-order valence-electron chi connectivity index (χ2n) is 9.57. The van der Waals surface area contributed by atoms with Gasteiger partial charge in [-0.25, -0.2) is 4.79 Å². The third-order valence-electron chi connectivity index (χ3n) is 6.90. The Balaban J connectivity index is 2.67. The summed E-state index contributed by atoms with van der Waals surface area (Å²) < 4.78 is 5.71. The molecule has 32 heavy (non-hydrogen) atoms. The van der Waals surface area contributed by atoms with E-state index in [1.54, 1.807) is 17.0 Å². The molecular weight excluding hydrogens is 438 g/mol. The van der Waals surface area contributed by atoms with E-state index in [1.165, 1.54) is 0 Å². The molecule has 0 fully saturated rings. The molecule has 1 aromatic rings. The summed E-state index contributed by atoms with van der Waals surface area (Å²) in [6.45, 7) is 15.6. The van der Waals surface area contributed by atoms with Crippen LogP contribution in [0, 0.1) is 0 Å². The van der Waals surface area contributed by atoms with Crippen molar-refractivity contribution in [2.45, 2.75) is 90.4 Å². The molecule has 176 valence electrons. The van der Waals surface area contributed by atoms with Crippen molar-refractivity contribution in [2.24, 2.45) is 0 Å². The van der Waals surface area contributed by atoms with Gasteiger partial charge in [0, 0.05) is 16.8 Å². The van der Waals surface area contributed by atoms with Crippen molar-refractivity contribution in [2.75, 3.05) is 0 Å². The number of benzene rings is 1. The lowest BCUT2D eigenvalue weighted by atomic mass is 9.98. The number of allylic oxidation sites excluding steroid dienone is 2. The largest absolute Gasteiger partial charge is 0.419 e. The van der Waals surface area contributed by atoms with E-state index in [1.807, 2.05) is 24.4 Å². The molecule has 1 aliphatic heterocycles. The van der Waals surface area contributed by atoms with Crippen molar-refractivity contribution in [3.05, 3.63) is 52.3 Å². The first kappa shape index (κ1) is 26.4. The molecule has 0 aliphatic carbocycles. The van der Waals surface area contributed by atoms with E-state index in [9.17, 15) is 9.59 Å². The first-order valence-electron chi connectivity index (χ1n) is 11.7. The summed E-state index contributed by atoms with van der Waals surface area (Å²) in [5.41, 5.74) is 1.65. The van der Waals surface area contributed by atoms with Crippen LogP contribution in [0.4, 0.5) is 4.79 Å². The van der Waals surface area contributed by atoms with Crippen molar-refractivity contribution < 1.29 is 14.3 Å². The fraction of sp³-hybridized carbons (Fsp3) is 0.538. The molecular formula is C26H38ClNO3Si. The van der Waals surface area contributed by atoms with Crippen molar-refractivity contribution >= 4 is 32.1 Å². The molecule has 0 radical (unpaired) electrons. The smallest absolute Gasteiger partial charge is 0.410 e. The van der Waals surface area contributed by atoms with Crippen LogP contribution >= 0.6 is 11.6 Å². The second kappa shape index (κ2) is 11.3. The number of halogens is 1. The molecule has 0 saturated carbocycles. The SMILES string of the molecule is CCCCC1C(C=O)=C(Cl)C([Si](C(C)C)(C(C)C)C(C)C)=CN1C(=O)Oc1ccccc1. The first-order valence-corrected chi connectivity index (χ1v) is 14.4. The Morgan fingerprint density at radius 1 is 1.09 bits per heavy atom. The number of rotatable bonds is 9. The van der Waals surface area contributed by atoms with Gasteiger partial charge in [-0.2, -0.15) is 0 Å². The maximum absolute atomic E-state index is 13.4. The molecule has 1 aromatic carbocycles. The highest BCUT2D eigenvalue weighted by atomic mass is 35.5. The maximum atomic E-state index is 13.4. The van der Waals surface area contributed by atoms with Gasteiger partial charge in [0.1, 0.15) is 12.0 Å². The van der Waals surface area contributed by atoms with Crippen LogP contribution in [-0.4, -0.2) is 31.4 Å². The topological polar surface area (TPSA) is 46.6 Å². The standard InChI is InChI=1S/C26H38ClNO3Si/c1-8-9-15-23-22(17-29)25(27)24(32(18(2)3,19(4)5)20(6)7)16-28(23)26(30)31-21-13-11-10-12-14-21/h10-14,16-20,23H,8-9,15H2,1-7H3. The summed E-state index contributed by atoms with van der Waals surface area (Å²) >= 11 is 7.01. The molecule has 0 spiro atoms. The Hall–Kier alpha value is -1.85. The van der Waals surface area contributed by atoms with E-state index in [2.05, 4.69) is 48.5 Å². The molecule has 6 heteroatoms. The molecule has 4 nitrogen and oxygen atoms in total. The number of hydrogen-bond acceptors (Lipinski definition) is 3. The highest BCUT2D eigenvalue weighted by Crippen LogP contribution is 2.51. The number of unbranched alkanes of at least 4 members (excludes halogenated alkanes) is 1. The van der Waals surface area contributed by atoms with Crippen LogP contribution in [0.3, 0.4) is 0 Å². The van der Waals surface area contributed by atoms with E-state index < -0.39 is 20.2 Å². The van der Waals surface area contributed by atoms with Gasteiger partial charge in [-0.05, 0) is 40.4 Å². The predicted octanol–water partition coefficient (Wildman–Crippen LogP) is 7.85. The minimum atomic E-state index is -2.23. The summed E-state index contributed by atoms with van der Waals surface area (Å²) in [6, 6.07) is 8.63. The van der Waals surface area contributed by atoms with Crippen LogP contribution in [0.15, 0.2) is 52.3 Å². The van der Waals surface area contributed by atoms with Gasteiger partial charge in [0.15, 0.2) is 0 Å². The molecule has 1 heterocycles. The minimum absolute atomic E-state index is 0.384. The summed E-state index contributed by atoms with van der Waals surface area (Å²) in [6.07, 6.45) is 4.80. The van der Waals surface area contributed by atoms with Crippen molar-refractivity contribution in [3.8, 4) is 5.75 Å². The molecule has 1 aliphatic rings. The van der Waals surface area contributed by atoms with Gasteiger partial charge in [-0.1, -0.05) is 91.1 Å². The van der Waals surface area contributed by atoms with Gasteiger partial charge in [0.05, 0.1) is 14.1 Å². The molecule has 1 unspecified atom stereocenters. The van der Waals surface area contributed by atoms with Crippen LogP contribution in [0.25, 0.3) is 0 Å². The van der Waals surface area contributed by atoms with Crippen LogP contribution in [0.2, 0.25) is 16.6 Å². The van der Waals surface area contributed by atoms with Gasteiger partial charge in [-0.15, -0.1) is 0 Å². The maximum Gasteiger partial charge on any atom is 0.419 e. The van der Waals surface area contributed by atoms with Gasteiger partial charge in [0.2, 0.25) is 0 Å². The Kier molecular flexibility index (Phi) is 9.35. The van der Waals surface area contributed by atoms with E-state index in [-0.39, 0.29) is 0 Å². The van der Waals surface area contributed by atoms with Crippen molar-refractivity contribution in [1.29, 1.82) is 0 Å². The minimum Gasteiger partial charge on any atom is -0.410 e. The Morgan fingerprint density at radius 2 is 1.66 bits per heavy atom. The average Bonchev–Trinajstić information content (AvgIpc) is 2.73. The summed E-state index contributed by atoms with van der Waals surface area (Å²) in [5, 5.41) is 1.53. The van der Waals surface area contributed by atoms with Gasteiger partial charge in [0.25, 0.3) is 0 Å². The van der Waals surface area contributed by atoms with Gasteiger partial charge < -0.3 is 4.74 Å². The van der Waals surface area contributed by atoms with E-state index in [0.29, 0.717) is 39.4 Å². The van der Waals surface area contributed by atoms with Crippen molar-refractivity contribution in [3.63, 3.8) is 0 Å². The third kappa shape index (κ3) is 5.04. The number of carbonyl (C=O) groups excluding carboxylic acids is 2. The van der Waals surface area contributed by atoms with Crippen LogP contribution < -0.4 is 4.74 Å². The summed E-state index contributed by atoms with van der Waals surface area (Å²) in [4.78, 5) is 27.3. The molecule has 0 saturated heterocycles. The van der Waals surface area contributed by atoms with E-state index >= 15 is 0 Å². The monoisotopic (exact) mass is 475 g/mol. The molecule has 0 bridgehead atoms. The molecule has 0 aromatic heterocycles. The summed E-state index contributed by atoms with van der Waals surface area (Å²) in [5.74, 6) is 0.482. The van der Waals surface area contributed by atoms with E-state index in [4.69, 9.17) is 16.3 Å². The third-order valence-corrected chi connectivity index (χ3v) is 14.5. The number of nitrogens with zero attached hydrogens (tertiary/aromatic N) is 1. The molecule has 1 atom stereocenters. The number of aldehydes is 1. The summed E-state index contributed by atoms with van der Waals surface area (Å²) in [7, 11) is -2.23. The fourth-order valence-electron chi connectivity index (χ4n) is 5.62.